The number of nitrogens with one attached hydrogen (secondary N) is 1. The van der Waals surface area contributed by atoms with Crippen LogP contribution in [0.25, 0.3) is 0 Å². The molecule has 2 rings (SSSR count). The van der Waals surface area contributed by atoms with Crippen LogP contribution in [0.1, 0.15) is 5.69 Å². The van der Waals surface area contributed by atoms with Crippen LogP contribution in [-0.2, 0) is 0 Å². The maximum atomic E-state index is 5.09. The van der Waals surface area contributed by atoms with Crippen LogP contribution in [0.2, 0.25) is 0 Å². The third kappa shape index (κ3) is 2.28. The number of hydrogen-bond acceptors (Lipinski definition) is 4. The van der Waals surface area contributed by atoms with Crippen molar-refractivity contribution in [1.29, 1.82) is 0 Å². The fourth-order valence-corrected chi connectivity index (χ4v) is 1.34. The van der Waals surface area contributed by atoms with Gasteiger partial charge in [0.05, 0.1) is 12.8 Å². The first-order valence-electron chi connectivity index (χ1n) is 4.98. The zero-order valence-corrected chi connectivity index (χ0v) is 9.27. The second-order valence-electron chi connectivity index (χ2n) is 3.34. The Bertz CT molecular complexity index is 468. The van der Waals surface area contributed by atoms with Gasteiger partial charge in [-0.1, -0.05) is 0 Å². The van der Waals surface area contributed by atoms with E-state index in [-0.39, 0.29) is 0 Å². The smallest absolute Gasteiger partial charge is 0.151 e. The summed E-state index contributed by atoms with van der Waals surface area (Å²) in [6, 6.07) is 7.67. The molecular formula is C12H13N3O. The standard InChI is InChI=1S/C12H13N3O/c1-9-12(14-8-7-13-9)15-10-3-5-11(16-2)6-4-10/h3-8H,1-2H3,(H,14,15). The minimum atomic E-state index is 0.771. The summed E-state index contributed by atoms with van der Waals surface area (Å²) in [5.74, 6) is 1.61. The van der Waals surface area contributed by atoms with Gasteiger partial charge in [-0.15, -0.1) is 0 Å². The van der Waals surface area contributed by atoms with Gasteiger partial charge in [0, 0.05) is 18.1 Å². The second-order valence-corrected chi connectivity index (χ2v) is 3.34. The van der Waals surface area contributed by atoms with Crippen molar-refractivity contribution in [2.75, 3.05) is 12.4 Å². The highest BCUT2D eigenvalue weighted by atomic mass is 16.5. The minimum Gasteiger partial charge on any atom is -0.497 e. The number of ether oxygens (including phenoxy) is 1. The molecule has 4 nitrogen and oxygen atoms in total. The van der Waals surface area contributed by atoms with Gasteiger partial charge in [0.1, 0.15) is 5.75 Å². The molecule has 0 aliphatic carbocycles. The molecular weight excluding hydrogens is 202 g/mol. The van der Waals surface area contributed by atoms with E-state index in [1.165, 1.54) is 0 Å². The molecule has 1 aromatic heterocycles. The molecule has 4 heteroatoms. The van der Waals surface area contributed by atoms with Gasteiger partial charge in [-0.25, -0.2) is 4.98 Å². The summed E-state index contributed by atoms with van der Waals surface area (Å²) in [6.07, 6.45) is 3.34. The van der Waals surface area contributed by atoms with Crippen molar-refractivity contribution in [2.24, 2.45) is 0 Å². The van der Waals surface area contributed by atoms with Gasteiger partial charge in [-0.3, -0.25) is 4.98 Å². The van der Waals surface area contributed by atoms with Crippen molar-refractivity contribution in [3.8, 4) is 5.75 Å². The van der Waals surface area contributed by atoms with E-state index < -0.39 is 0 Å². The third-order valence-corrected chi connectivity index (χ3v) is 2.23. The lowest BCUT2D eigenvalue weighted by Crippen LogP contribution is -1.97. The maximum Gasteiger partial charge on any atom is 0.151 e. The topological polar surface area (TPSA) is 47.0 Å². The molecule has 0 radical (unpaired) electrons. The Morgan fingerprint density at radius 3 is 2.38 bits per heavy atom. The molecule has 0 spiro atoms. The lowest BCUT2D eigenvalue weighted by Gasteiger charge is -2.07. The van der Waals surface area contributed by atoms with Crippen LogP contribution in [0.5, 0.6) is 5.75 Å². The summed E-state index contributed by atoms with van der Waals surface area (Å²) in [4.78, 5) is 8.37. The molecule has 0 atom stereocenters. The van der Waals surface area contributed by atoms with Crippen molar-refractivity contribution < 1.29 is 4.74 Å². The monoisotopic (exact) mass is 215 g/mol. The summed E-state index contributed by atoms with van der Waals surface area (Å²) >= 11 is 0. The Labute approximate surface area is 94.3 Å². The molecule has 16 heavy (non-hydrogen) atoms. The van der Waals surface area contributed by atoms with Crippen molar-refractivity contribution in [3.63, 3.8) is 0 Å². The van der Waals surface area contributed by atoms with Gasteiger partial charge in [0.2, 0.25) is 0 Å². The first kappa shape index (κ1) is 10.4. The summed E-state index contributed by atoms with van der Waals surface area (Å²) < 4.78 is 5.09. The largest absolute Gasteiger partial charge is 0.497 e. The van der Waals surface area contributed by atoms with Gasteiger partial charge in [0.25, 0.3) is 0 Å². The van der Waals surface area contributed by atoms with Crippen molar-refractivity contribution in [3.05, 3.63) is 42.4 Å². The van der Waals surface area contributed by atoms with Crippen LogP contribution >= 0.6 is 0 Å². The number of anilines is 2. The van der Waals surface area contributed by atoms with Gasteiger partial charge in [-0.05, 0) is 31.2 Å². The quantitative estimate of drug-likeness (QED) is 0.854. The number of benzene rings is 1. The molecule has 1 N–H and O–H groups in total. The highest BCUT2D eigenvalue weighted by Crippen LogP contribution is 2.19. The predicted octanol–water partition coefficient (Wildman–Crippen LogP) is 2.54. The van der Waals surface area contributed by atoms with Crippen LogP contribution in [0, 0.1) is 6.92 Å². The number of aryl methyl sites for hydroxylation is 1. The molecule has 0 unspecified atom stereocenters. The molecule has 0 bridgehead atoms. The average Bonchev–Trinajstić information content (AvgIpc) is 2.33. The summed E-state index contributed by atoms with van der Waals surface area (Å²) in [6.45, 7) is 1.92. The maximum absolute atomic E-state index is 5.09. The molecule has 0 fully saturated rings. The molecule has 0 aliphatic rings. The average molecular weight is 215 g/mol. The fourth-order valence-electron chi connectivity index (χ4n) is 1.34. The first-order chi connectivity index (χ1) is 7.79. The zero-order chi connectivity index (χ0) is 11.4. The summed E-state index contributed by atoms with van der Waals surface area (Å²) in [5, 5.41) is 3.19. The van der Waals surface area contributed by atoms with Crippen LogP contribution in [-0.4, -0.2) is 17.1 Å². The van der Waals surface area contributed by atoms with E-state index in [0.717, 1.165) is 22.9 Å². The molecule has 0 saturated heterocycles. The van der Waals surface area contributed by atoms with E-state index in [9.17, 15) is 0 Å². The Morgan fingerprint density at radius 1 is 1.06 bits per heavy atom. The van der Waals surface area contributed by atoms with Crippen molar-refractivity contribution in [2.45, 2.75) is 6.92 Å². The van der Waals surface area contributed by atoms with E-state index in [2.05, 4.69) is 15.3 Å². The molecule has 2 aromatic rings. The highest BCUT2D eigenvalue weighted by Gasteiger charge is 2.00. The van der Waals surface area contributed by atoms with E-state index in [1.807, 2.05) is 31.2 Å². The summed E-state index contributed by atoms with van der Waals surface area (Å²) in [7, 11) is 1.65. The normalized spacial score (nSPS) is 9.88. The predicted molar refractivity (Wildman–Crippen MR) is 63.0 cm³/mol. The number of methoxy groups -OCH3 is 1. The van der Waals surface area contributed by atoms with E-state index in [4.69, 9.17) is 4.74 Å². The Kier molecular flexibility index (Phi) is 3.00. The molecule has 0 saturated carbocycles. The van der Waals surface area contributed by atoms with Crippen LogP contribution in [0.4, 0.5) is 11.5 Å². The molecule has 1 aromatic carbocycles. The molecule has 1 heterocycles. The Hall–Kier alpha value is -2.10. The number of hydrogen-bond donors (Lipinski definition) is 1. The van der Waals surface area contributed by atoms with E-state index in [1.54, 1.807) is 19.5 Å². The first-order valence-corrected chi connectivity index (χ1v) is 4.98. The lowest BCUT2D eigenvalue weighted by atomic mass is 10.3. The van der Waals surface area contributed by atoms with Gasteiger partial charge >= 0.3 is 0 Å². The molecule has 82 valence electrons. The second kappa shape index (κ2) is 4.61. The van der Waals surface area contributed by atoms with Crippen LogP contribution in [0.15, 0.2) is 36.7 Å². The molecule has 0 amide bonds. The fraction of sp³-hybridized carbons (Fsp3) is 0.167. The Balaban J connectivity index is 2.18. The van der Waals surface area contributed by atoms with Crippen molar-refractivity contribution >= 4 is 11.5 Å². The minimum absolute atomic E-state index is 0.771. The van der Waals surface area contributed by atoms with Crippen LogP contribution < -0.4 is 10.1 Å². The van der Waals surface area contributed by atoms with E-state index >= 15 is 0 Å². The van der Waals surface area contributed by atoms with Gasteiger partial charge in [0.15, 0.2) is 5.82 Å². The lowest BCUT2D eigenvalue weighted by molar-refractivity contribution is 0.415. The number of rotatable bonds is 3. The van der Waals surface area contributed by atoms with Gasteiger partial charge in [-0.2, -0.15) is 0 Å². The summed E-state index contributed by atoms with van der Waals surface area (Å²) in [5.41, 5.74) is 1.84. The zero-order valence-electron chi connectivity index (χ0n) is 9.27. The number of nitrogens with zero attached hydrogens (tertiary/aromatic N) is 2. The Morgan fingerprint density at radius 2 is 1.75 bits per heavy atom. The third-order valence-electron chi connectivity index (χ3n) is 2.23. The van der Waals surface area contributed by atoms with Gasteiger partial charge < -0.3 is 10.1 Å². The SMILES string of the molecule is COc1ccc(Nc2nccnc2C)cc1. The number of aromatic nitrogens is 2. The van der Waals surface area contributed by atoms with Crippen LogP contribution in [0.3, 0.4) is 0 Å². The van der Waals surface area contributed by atoms with E-state index in [0.29, 0.717) is 0 Å². The van der Waals surface area contributed by atoms with Crippen molar-refractivity contribution in [1.82, 2.24) is 9.97 Å². The highest BCUT2D eigenvalue weighted by molar-refractivity contribution is 5.58. The molecule has 0 aliphatic heterocycles.